The van der Waals surface area contributed by atoms with Gasteiger partial charge in [0, 0.05) is 37.7 Å². The van der Waals surface area contributed by atoms with Crippen molar-refractivity contribution in [2.45, 2.75) is 39.2 Å². The van der Waals surface area contributed by atoms with Crippen LogP contribution in [0.25, 0.3) is 0 Å². The first-order chi connectivity index (χ1) is 12.7. The Bertz CT molecular complexity index is 662. The molecule has 140 valence electrons. The number of urea groups is 1. The van der Waals surface area contributed by atoms with E-state index in [-0.39, 0.29) is 6.03 Å². The average Bonchev–Trinajstić information content (AvgIpc) is 3.17. The lowest BCUT2D eigenvalue weighted by molar-refractivity contribution is 0.177. The van der Waals surface area contributed by atoms with Gasteiger partial charge in [-0.3, -0.25) is 0 Å². The highest BCUT2D eigenvalue weighted by Gasteiger charge is 2.23. The van der Waals surface area contributed by atoms with E-state index in [4.69, 9.17) is 4.74 Å². The summed E-state index contributed by atoms with van der Waals surface area (Å²) in [5.41, 5.74) is 0.804. The van der Waals surface area contributed by atoms with E-state index in [1.54, 1.807) is 0 Å². The van der Waals surface area contributed by atoms with Gasteiger partial charge >= 0.3 is 6.03 Å². The predicted octanol–water partition coefficient (Wildman–Crippen LogP) is 4.01. The van der Waals surface area contributed by atoms with Gasteiger partial charge in [0.1, 0.15) is 5.75 Å². The fraction of sp³-hybridized carbons (Fsp3) is 0.500. The first-order valence-corrected chi connectivity index (χ1v) is 9.49. The summed E-state index contributed by atoms with van der Waals surface area (Å²) in [6.07, 6.45) is 9.88. The Hall–Kier alpha value is -2.50. The van der Waals surface area contributed by atoms with E-state index in [1.165, 1.54) is 0 Å². The second-order valence-electron chi connectivity index (χ2n) is 6.85. The van der Waals surface area contributed by atoms with Crippen LogP contribution in [-0.4, -0.2) is 40.2 Å². The number of unbranched alkanes of at least 4 members (excludes halogenated alkanes) is 1. The van der Waals surface area contributed by atoms with Gasteiger partial charge in [-0.15, -0.1) is 0 Å². The van der Waals surface area contributed by atoms with E-state index >= 15 is 0 Å². The van der Waals surface area contributed by atoms with Gasteiger partial charge in [-0.2, -0.15) is 0 Å². The van der Waals surface area contributed by atoms with Gasteiger partial charge in [-0.25, -0.2) is 9.78 Å². The smallest absolute Gasteiger partial charge is 0.321 e. The zero-order chi connectivity index (χ0) is 18.2. The molecule has 6 heteroatoms. The first kappa shape index (κ1) is 18.3. The number of hydrogen-bond donors (Lipinski definition) is 1. The van der Waals surface area contributed by atoms with Crippen molar-refractivity contribution in [2.24, 2.45) is 5.92 Å². The summed E-state index contributed by atoms with van der Waals surface area (Å²) in [5, 5.41) is 2.98. The minimum absolute atomic E-state index is 0.0225. The number of aromatic nitrogens is 2. The molecule has 0 spiro atoms. The molecule has 1 fully saturated rings. The summed E-state index contributed by atoms with van der Waals surface area (Å²) in [4.78, 5) is 18.4. The minimum atomic E-state index is -0.0225. The fourth-order valence-corrected chi connectivity index (χ4v) is 3.18. The number of carbonyl (C=O) groups is 1. The van der Waals surface area contributed by atoms with E-state index < -0.39 is 0 Å². The molecule has 3 rings (SSSR count). The van der Waals surface area contributed by atoms with Crippen molar-refractivity contribution in [1.29, 1.82) is 0 Å². The Labute approximate surface area is 155 Å². The van der Waals surface area contributed by atoms with Crippen LogP contribution in [0.5, 0.6) is 5.75 Å². The van der Waals surface area contributed by atoms with Crippen LogP contribution in [-0.2, 0) is 6.54 Å². The van der Waals surface area contributed by atoms with Crippen LogP contribution >= 0.6 is 0 Å². The lowest BCUT2D eigenvalue weighted by atomic mass is 9.97. The van der Waals surface area contributed by atoms with Gasteiger partial charge in [0.15, 0.2) is 0 Å². The Morgan fingerprint density at radius 3 is 2.69 bits per heavy atom. The third-order valence-corrected chi connectivity index (χ3v) is 4.80. The van der Waals surface area contributed by atoms with Crippen molar-refractivity contribution < 1.29 is 9.53 Å². The summed E-state index contributed by atoms with van der Waals surface area (Å²) >= 11 is 0. The third kappa shape index (κ3) is 5.25. The van der Waals surface area contributed by atoms with E-state index in [2.05, 4.69) is 21.8 Å². The summed E-state index contributed by atoms with van der Waals surface area (Å²) in [7, 11) is 0. The van der Waals surface area contributed by atoms with E-state index in [0.717, 1.165) is 63.4 Å². The summed E-state index contributed by atoms with van der Waals surface area (Å²) < 4.78 is 7.76. The lowest BCUT2D eigenvalue weighted by Gasteiger charge is -2.32. The largest absolute Gasteiger partial charge is 0.494 e. The molecule has 1 saturated heterocycles. The SMILES string of the molecule is CCCCOc1ccc(NC(=O)N2CCC(Cn3ccnc3)CC2)cc1. The normalized spacial score (nSPS) is 15.0. The fourth-order valence-electron chi connectivity index (χ4n) is 3.18. The van der Waals surface area contributed by atoms with Gasteiger partial charge in [0.05, 0.1) is 12.9 Å². The highest BCUT2D eigenvalue weighted by Crippen LogP contribution is 2.21. The number of imidazole rings is 1. The molecule has 26 heavy (non-hydrogen) atoms. The zero-order valence-electron chi connectivity index (χ0n) is 15.4. The van der Waals surface area contributed by atoms with Crippen LogP contribution < -0.4 is 10.1 Å². The zero-order valence-corrected chi connectivity index (χ0v) is 15.4. The molecule has 0 atom stereocenters. The van der Waals surface area contributed by atoms with Crippen molar-refractivity contribution >= 4 is 11.7 Å². The number of benzene rings is 1. The Kier molecular flexibility index (Phi) is 6.52. The first-order valence-electron chi connectivity index (χ1n) is 9.49. The van der Waals surface area contributed by atoms with Crippen molar-refractivity contribution in [2.75, 3.05) is 25.0 Å². The molecule has 0 saturated carbocycles. The standard InChI is InChI=1S/C20H28N4O2/c1-2-3-14-26-19-6-4-18(5-7-19)22-20(25)24-11-8-17(9-12-24)15-23-13-10-21-16-23/h4-7,10,13,16-17H,2-3,8-9,11-12,14-15H2,1H3,(H,22,25). The van der Waals surface area contributed by atoms with Crippen LogP contribution in [0.3, 0.4) is 0 Å². The van der Waals surface area contributed by atoms with E-state index in [0.29, 0.717) is 5.92 Å². The number of nitrogens with one attached hydrogen (secondary N) is 1. The molecule has 2 heterocycles. The number of nitrogens with zero attached hydrogens (tertiary/aromatic N) is 3. The molecular formula is C20H28N4O2. The van der Waals surface area contributed by atoms with Gasteiger partial charge in [-0.05, 0) is 49.4 Å². The number of piperidine rings is 1. The van der Waals surface area contributed by atoms with E-state index in [1.807, 2.05) is 47.9 Å². The van der Waals surface area contributed by atoms with Crippen LogP contribution in [0.1, 0.15) is 32.6 Å². The Balaban J connectivity index is 1.42. The molecule has 0 bridgehead atoms. The molecule has 1 aliphatic heterocycles. The quantitative estimate of drug-likeness (QED) is 0.763. The number of ether oxygens (including phenoxy) is 1. The van der Waals surface area contributed by atoms with Gasteiger partial charge < -0.3 is 19.5 Å². The molecule has 6 nitrogen and oxygen atoms in total. The average molecular weight is 356 g/mol. The Morgan fingerprint density at radius 1 is 1.27 bits per heavy atom. The molecule has 1 aromatic heterocycles. The second kappa shape index (κ2) is 9.27. The number of carbonyl (C=O) groups excluding carboxylic acids is 1. The highest BCUT2D eigenvalue weighted by molar-refractivity contribution is 5.89. The number of hydrogen-bond acceptors (Lipinski definition) is 3. The third-order valence-electron chi connectivity index (χ3n) is 4.80. The second-order valence-corrected chi connectivity index (χ2v) is 6.85. The van der Waals surface area contributed by atoms with Crippen LogP contribution in [0.15, 0.2) is 43.0 Å². The topological polar surface area (TPSA) is 59.4 Å². The lowest BCUT2D eigenvalue weighted by Crippen LogP contribution is -2.41. The summed E-state index contributed by atoms with van der Waals surface area (Å²) in [6.45, 7) is 5.44. The number of amides is 2. The molecule has 0 unspecified atom stereocenters. The number of likely N-dealkylation sites (tertiary alicyclic amines) is 1. The minimum Gasteiger partial charge on any atom is -0.494 e. The van der Waals surface area contributed by atoms with Crippen LogP contribution in [0.2, 0.25) is 0 Å². The van der Waals surface area contributed by atoms with Crippen molar-refractivity contribution in [1.82, 2.24) is 14.5 Å². The summed E-state index contributed by atoms with van der Waals surface area (Å²) in [5.74, 6) is 1.45. The molecular weight excluding hydrogens is 328 g/mol. The van der Waals surface area contributed by atoms with Gasteiger partial charge in [-0.1, -0.05) is 13.3 Å². The Morgan fingerprint density at radius 2 is 2.04 bits per heavy atom. The monoisotopic (exact) mass is 356 g/mol. The summed E-state index contributed by atoms with van der Waals surface area (Å²) in [6, 6.07) is 7.58. The highest BCUT2D eigenvalue weighted by atomic mass is 16.5. The van der Waals surface area contributed by atoms with Gasteiger partial charge in [0.25, 0.3) is 0 Å². The van der Waals surface area contributed by atoms with Crippen LogP contribution in [0, 0.1) is 5.92 Å². The molecule has 1 N–H and O–H groups in total. The maximum atomic E-state index is 12.5. The number of rotatable bonds is 7. The molecule has 2 amide bonds. The molecule has 0 radical (unpaired) electrons. The molecule has 1 aromatic carbocycles. The van der Waals surface area contributed by atoms with Crippen molar-refractivity contribution in [3.05, 3.63) is 43.0 Å². The predicted molar refractivity (Wildman–Crippen MR) is 102 cm³/mol. The van der Waals surface area contributed by atoms with Crippen molar-refractivity contribution in [3.63, 3.8) is 0 Å². The molecule has 0 aliphatic carbocycles. The molecule has 1 aliphatic rings. The van der Waals surface area contributed by atoms with Crippen LogP contribution in [0.4, 0.5) is 10.5 Å². The maximum absolute atomic E-state index is 12.5. The van der Waals surface area contributed by atoms with E-state index in [9.17, 15) is 4.79 Å². The maximum Gasteiger partial charge on any atom is 0.321 e. The van der Waals surface area contributed by atoms with Crippen molar-refractivity contribution in [3.8, 4) is 5.75 Å². The van der Waals surface area contributed by atoms with Gasteiger partial charge in [0.2, 0.25) is 0 Å². The number of anilines is 1. The molecule has 2 aromatic rings.